The number of ether oxygens (including phenoxy) is 1. The number of ketones is 1. The van der Waals surface area contributed by atoms with Crippen molar-refractivity contribution < 1.29 is 14.3 Å². The second-order valence-electron chi connectivity index (χ2n) is 6.10. The number of carbonyl (C=O) groups excluding carboxylic acids is 2. The molecule has 1 N–H and O–H groups in total. The Morgan fingerprint density at radius 1 is 0.741 bits per heavy atom. The number of anilines is 1. The van der Waals surface area contributed by atoms with Crippen molar-refractivity contribution >= 4 is 17.4 Å². The molecule has 136 valence electrons. The highest BCUT2D eigenvalue weighted by molar-refractivity contribution is 5.97. The fourth-order valence-electron chi connectivity index (χ4n) is 2.67. The third kappa shape index (κ3) is 5.54. The number of amides is 1. The minimum atomic E-state index is -0.139. The molecule has 0 fully saturated rings. The lowest BCUT2D eigenvalue weighted by molar-refractivity contribution is -0.116. The molecule has 4 heteroatoms. The predicted molar refractivity (Wildman–Crippen MR) is 106 cm³/mol. The summed E-state index contributed by atoms with van der Waals surface area (Å²) < 4.78 is 5.84. The zero-order valence-electron chi connectivity index (χ0n) is 14.9. The first kappa shape index (κ1) is 18.4. The molecule has 0 spiro atoms. The normalized spacial score (nSPS) is 10.2. The highest BCUT2D eigenvalue weighted by Crippen LogP contribution is 2.29. The van der Waals surface area contributed by atoms with Gasteiger partial charge in [0.1, 0.15) is 5.75 Å². The molecule has 4 nitrogen and oxygen atoms in total. The van der Waals surface area contributed by atoms with Crippen molar-refractivity contribution in [2.75, 3.05) is 5.32 Å². The number of hydrogen-bond donors (Lipinski definition) is 1. The molecular weight excluding hydrogens is 338 g/mol. The van der Waals surface area contributed by atoms with Crippen LogP contribution in [-0.4, -0.2) is 11.7 Å². The average molecular weight is 359 g/mol. The van der Waals surface area contributed by atoms with Crippen molar-refractivity contribution in [1.82, 2.24) is 0 Å². The summed E-state index contributed by atoms with van der Waals surface area (Å²) in [6, 6.07) is 25.8. The summed E-state index contributed by atoms with van der Waals surface area (Å²) in [7, 11) is 0. The first-order valence-corrected chi connectivity index (χ1v) is 8.92. The van der Waals surface area contributed by atoms with Gasteiger partial charge in [-0.05, 0) is 30.7 Å². The first-order valence-electron chi connectivity index (χ1n) is 8.92. The van der Waals surface area contributed by atoms with E-state index in [1.54, 1.807) is 18.2 Å². The largest absolute Gasteiger partial charge is 0.455 e. The highest BCUT2D eigenvalue weighted by atomic mass is 16.5. The van der Waals surface area contributed by atoms with Crippen molar-refractivity contribution in [3.05, 3.63) is 90.5 Å². The molecule has 1 amide bonds. The number of nitrogens with one attached hydrogen (secondary N) is 1. The van der Waals surface area contributed by atoms with Crippen molar-refractivity contribution in [3.8, 4) is 11.5 Å². The summed E-state index contributed by atoms with van der Waals surface area (Å²) in [6.07, 6.45) is 1.12. The standard InChI is InChI=1S/C23H21NO3/c25-21(18-10-3-1-4-11-18)15-9-17-23(26)24-20-14-7-8-16-22(20)27-19-12-5-2-6-13-19/h1-8,10-14,16H,9,15,17H2,(H,24,26). The van der Waals surface area contributed by atoms with E-state index >= 15 is 0 Å². The van der Waals surface area contributed by atoms with Gasteiger partial charge in [0.15, 0.2) is 11.5 Å². The molecule has 0 saturated carbocycles. The Labute approximate surface area is 158 Å². The summed E-state index contributed by atoms with van der Waals surface area (Å²) >= 11 is 0. The summed E-state index contributed by atoms with van der Waals surface area (Å²) in [5.74, 6) is 1.20. The summed E-state index contributed by atoms with van der Waals surface area (Å²) in [4.78, 5) is 24.3. The number of carbonyl (C=O) groups is 2. The molecule has 0 aliphatic carbocycles. The second-order valence-corrected chi connectivity index (χ2v) is 6.10. The molecule has 3 aromatic rings. The van der Waals surface area contributed by atoms with E-state index in [9.17, 15) is 9.59 Å². The van der Waals surface area contributed by atoms with Crippen LogP contribution in [0, 0.1) is 0 Å². The van der Waals surface area contributed by atoms with Gasteiger partial charge in [-0.15, -0.1) is 0 Å². The number of benzene rings is 3. The summed E-state index contributed by atoms with van der Waals surface area (Å²) in [5.41, 5.74) is 1.29. The Hall–Kier alpha value is -3.40. The SMILES string of the molecule is O=C(CCCC(=O)c1ccccc1)Nc1ccccc1Oc1ccccc1. The second kappa shape index (κ2) is 9.34. The number of Topliss-reactive ketones (excluding diaryl/α,β-unsaturated/α-hetero) is 1. The van der Waals surface area contributed by atoms with Crippen molar-refractivity contribution in [1.29, 1.82) is 0 Å². The van der Waals surface area contributed by atoms with E-state index in [2.05, 4.69) is 5.32 Å². The molecule has 0 radical (unpaired) electrons. The van der Waals surface area contributed by atoms with Crippen LogP contribution in [0.4, 0.5) is 5.69 Å². The lowest BCUT2D eigenvalue weighted by atomic mass is 10.1. The van der Waals surface area contributed by atoms with E-state index in [1.165, 1.54) is 0 Å². The van der Waals surface area contributed by atoms with Crippen LogP contribution in [0.3, 0.4) is 0 Å². The first-order chi connectivity index (χ1) is 13.2. The third-order valence-corrected chi connectivity index (χ3v) is 4.04. The van der Waals surface area contributed by atoms with Gasteiger partial charge in [0, 0.05) is 18.4 Å². The Morgan fingerprint density at radius 2 is 1.37 bits per heavy atom. The van der Waals surface area contributed by atoms with Crippen molar-refractivity contribution in [3.63, 3.8) is 0 Å². The molecule has 0 unspecified atom stereocenters. The lowest BCUT2D eigenvalue weighted by Gasteiger charge is -2.12. The zero-order valence-corrected chi connectivity index (χ0v) is 14.9. The molecule has 3 rings (SSSR count). The minimum absolute atomic E-state index is 0.0520. The maximum absolute atomic E-state index is 12.3. The van der Waals surface area contributed by atoms with E-state index in [1.807, 2.05) is 66.7 Å². The number of hydrogen-bond acceptors (Lipinski definition) is 3. The molecule has 27 heavy (non-hydrogen) atoms. The van der Waals surface area contributed by atoms with Gasteiger partial charge in [0.05, 0.1) is 5.69 Å². The number of para-hydroxylation sites is 3. The molecule has 0 aromatic heterocycles. The fraction of sp³-hybridized carbons (Fsp3) is 0.130. The van der Waals surface area contributed by atoms with E-state index in [0.717, 1.165) is 0 Å². The Balaban J connectivity index is 1.53. The fourth-order valence-corrected chi connectivity index (χ4v) is 2.67. The average Bonchev–Trinajstić information content (AvgIpc) is 2.71. The van der Waals surface area contributed by atoms with E-state index in [4.69, 9.17) is 4.74 Å². The molecule has 0 saturated heterocycles. The van der Waals surface area contributed by atoms with Crippen molar-refractivity contribution in [2.24, 2.45) is 0 Å². The Bertz CT molecular complexity index is 892. The summed E-state index contributed by atoms with van der Waals surface area (Å²) in [6.45, 7) is 0. The van der Waals surface area contributed by atoms with Crippen molar-refractivity contribution in [2.45, 2.75) is 19.3 Å². The molecule has 3 aromatic carbocycles. The van der Waals surface area contributed by atoms with Gasteiger partial charge in [-0.25, -0.2) is 0 Å². The Kier molecular flexibility index (Phi) is 6.36. The number of rotatable bonds is 8. The smallest absolute Gasteiger partial charge is 0.224 e. The highest BCUT2D eigenvalue weighted by Gasteiger charge is 2.10. The van der Waals surface area contributed by atoms with Gasteiger partial charge in [-0.3, -0.25) is 9.59 Å². The quantitative estimate of drug-likeness (QED) is 0.543. The van der Waals surface area contributed by atoms with Gasteiger partial charge in [-0.2, -0.15) is 0 Å². The monoisotopic (exact) mass is 359 g/mol. The maximum atomic E-state index is 12.3. The van der Waals surface area contributed by atoms with Crippen LogP contribution < -0.4 is 10.1 Å². The van der Waals surface area contributed by atoms with Gasteiger partial charge in [-0.1, -0.05) is 60.7 Å². The topological polar surface area (TPSA) is 55.4 Å². The third-order valence-electron chi connectivity index (χ3n) is 4.04. The molecule has 0 aliphatic heterocycles. The lowest BCUT2D eigenvalue weighted by Crippen LogP contribution is -2.12. The van der Waals surface area contributed by atoms with Gasteiger partial charge in [0.25, 0.3) is 0 Å². The van der Waals surface area contributed by atoms with Crippen LogP contribution in [0.1, 0.15) is 29.6 Å². The van der Waals surface area contributed by atoms with Gasteiger partial charge >= 0.3 is 0 Å². The van der Waals surface area contributed by atoms with Crippen LogP contribution in [0.5, 0.6) is 11.5 Å². The van der Waals surface area contributed by atoms with Crippen LogP contribution >= 0.6 is 0 Å². The minimum Gasteiger partial charge on any atom is -0.455 e. The van der Waals surface area contributed by atoms with Crippen LogP contribution in [0.2, 0.25) is 0 Å². The molecular formula is C23H21NO3. The molecule has 0 heterocycles. The summed E-state index contributed by atoms with van der Waals surface area (Å²) in [5, 5.41) is 2.87. The Morgan fingerprint density at radius 3 is 2.11 bits per heavy atom. The van der Waals surface area contributed by atoms with Gasteiger partial charge in [0.2, 0.25) is 5.91 Å². The van der Waals surface area contributed by atoms with E-state index in [0.29, 0.717) is 35.6 Å². The van der Waals surface area contributed by atoms with E-state index < -0.39 is 0 Å². The van der Waals surface area contributed by atoms with Crippen LogP contribution in [-0.2, 0) is 4.79 Å². The molecule has 0 aliphatic rings. The predicted octanol–water partition coefficient (Wildman–Crippen LogP) is 5.47. The molecule has 0 atom stereocenters. The van der Waals surface area contributed by atoms with E-state index in [-0.39, 0.29) is 18.1 Å². The van der Waals surface area contributed by atoms with Crippen LogP contribution in [0.15, 0.2) is 84.9 Å². The van der Waals surface area contributed by atoms with Crippen LogP contribution in [0.25, 0.3) is 0 Å². The molecule has 0 bridgehead atoms. The van der Waals surface area contributed by atoms with Gasteiger partial charge < -0.3 is 10.1 Å². The maximum Gasteiger partial charge on any atom is 0.224 e. The zero-order chi connectivity index (χ0) is 18.9.